The molecule has 0 saturated carbocycles. The summed E-state index contributed by atoms with van der Waals surface area (Å²) in [5.74, 6) is -0.502. The van der Waals surface area contributed by atoms with Crippen molar-refractivity contribution in [1.29, 1.82) is 0 Å². The Morgan fingerprint density at radius 1 is 1.38 bits per heavy atom. The smallest absolute Gasteiger partial charge is 0.234 e. The SMILES string of the molecule is CC(C)NC(=O)CNC1COC(C)(C)OC1. The van der Waals surface area contributed by atoms with Crippen LogP contribution in [0.5, 0.6) is 0 Å². The zero-order valence-electron chi connectivity index (χ0n) is 10.5. The van der Waals surface area contributed by atoms with Crippen molar-refractivity contribution >= 4 is 5.91 Å². The number of ether oxygens (including phenoxy) is 2. The van der Waals surface area contributed by atoms with Crippen LogP contribution in [-0.4, -0.2) is 43.5 Å². The van der Waals surface area contributed by atoms with Gasteiger partial charge in [0, 0.05) is 6.04 Å². The quantitative estimate of drug-likeness (QED) is 0.727. The molecule has 1 amide bonds. The molecule has 0 radical (unpaired) electrons. The second-order valence-electron chi connectivity index (χ2n) is 4.82. The van der Waals surface area contributed by atoms with E-state index in [1.54, 1.807) is 0 Å². The number of amides is 1. The molecule has 1 aliphatic heterocycles. The molecule has 2 N–H and O–H groups in total. The molecule has 5 nitrogen and oxygen atoms in total. The summed E-state index contributed by atoms with van der Waals surface area (Å²) in [5.41, 5.74) is 0. The van der Waals surface area contributed by atoms with Crippen LogP contribution in [0.1, 0.15) is 27.7 Å². The van der Waals surface area contributed by atoms with Crippen molar-refractivity contribution in [2.24, 2.45) is 0 Å². The molecule has 0 aromatic rings. The average Bonchev–Trinajstić information content (AvgIpc) is 2.15. The number of carbonyl (C=O) groups is 1. The van der Waals surface area contributed by atoms with Gasteiger partial charge in [-0.15, -0.1) is 0 Å². The largest absolute Gasteiger partial charge is 0.353 e. The van der Waals surface area contributed by atoms with Crippen molar-refractivity contribution in [3.63, 3.8) is 0 Å². The Balaban J connectivity index is 2.17. The third-order valence-corrected chi connectivity index (χ3v) is 2.27. The van der Waals surface area contributed by atoms with Gasteiger partial charge in [-0.2, -0.15) is 0 Å². The monoisotopic (exact) mass is 230 g/mol. The number of rotatable bonds is 4. The fourth-order valence-electron chi connectivity index (χ4n) is 1.42. The van der Waals surface area contributed by atoms with Crippen molar-refractivity contribution in [3.8, 4) is 0 Å². The Hall–Kier alpha value is -0.650. The molecule has 0 aromatic heterocycles. The molecule has 0 atom stereocenters. The topological polar surface area (TPSA) is 59.6 Å². The van der Waals surface area contributed by atoms with Gasteiger partial charge in [0.05, 0.1) is 25.8 Å². The molecule has 94 valence electrons. The van der Waals surface area contributed by atoms with Crippen LogP contribution in [0, 0.1) is 0 Å². The maximum Gasteiger partial charge on any atom is 0.234 e. The predicted molar refractivity (Wildman–Crippen MR) is 61.1 cm³/mol. The molecule has 0 aliphatic carbocycles. The van der Waals surface area contributed by atoms with Gasteiger partial charge >= 0.3 is 0 Å². The Morgan fingerprint density at radius 3 is 2.44 bits per heavy atom. The van der Waals surface area contributed by atoms with Gasteiger partial charge in [0.15, 0.2) is 5.79 Å². The van der Waals surface area contributed by atoms with Crippen LogP contribution in [0.2, 0.25) is 0 Å². The minimum Gasteiger partial charge on any atom is -0.353 e. The zero-order chi connectivity index (χ0) is 12.2. The summed E-state index contributed by atoms with van der Waals surface area (Å²) in [5, 5.41) is 5.92. The third kappa shape index (κ3) is 4.92. The van der Waals surface area contributed by atoms with Gasteiger partial charge in [0.1, 0.15) is 0 Å². The Morgan fingerprint density at radius 2 is 1.94 bits per heavy atom. The average molecular weight is 230 g/mol. The van der Waals surface area contributed by atoms with Crippen molar-refractivity contribution in [3.05, 3.63) is 0 Å². The standard InChI is InChI=1S/C11H22N2O3/c1-8(2)13-10(14)5-12-9-6-15-11(3,4)16-7-9/h8-9,12H,5-7H2,1-4H3,(H,13,14). The Labute approximate surface area is 96.9 Å². The second kappa shape index (κ2) is 5.61. The first kappa shape index (κ1) is 13.4. The molecule has 1 rings (SSSR count). The summed E-state index contributed by atoms with van der Waals surface area (Å²) in [6.45, 7) is 9.09. The van der Waals surface area contributed by atoms with Gasteiger partial charge in [0.2, 0.25) is 5.91 Å². The first-order valence-electron chi connectivity index (χ1n) is 5.70. The van der Waals surface area contributed by atoms with Crippen molar-refractivity contribution in [2.45, 2.75) is 45.6 Å². The van der Waals surface area contributed by atoms with Crippen molar-refractivity contribution in [2.75, 3.05) is 19.8 Å². The van der Waals surface area contributed by atoms with Gasteiger partial charge in [-0.05, 0) is 27.7 Å². The fraction of sp³-hybridized carbons (Fsp3) is 0.909. The molecule has 0 unspecified atom stereocenters. The number of hydrogen-bond donors (Lipinski definition) is 2. The van der Waals surface area contributed by atoms with Gasteiger partial charge < -0.3 is 20.1 Å². The Kier molecular flexibility index (Phi) is 4.70. The van der Waals surface area contributed by atoms with E-state index < -0.39 is 5.79 Å². The summed E-state index contributed by atoms with van der Waals surface area (Å²) in [6.07, 6.45) is 0. The van der Waals surface area contributed by atoms with E-state index in [0.717, 1.165) is 0 Å². The van der Waals surface area contributed by atoms with E-state index >= 15 is 0 Å². The van der Waals surface area contributed by atoms with E-state index in [1.165, 1.54) is 0 Å². The predicted octanol–water partition coefficient (Wildman–Crippen LogP) is 0.252. The third-order valence-electron chi connectivity index (χ3n) is 2.27. The van der Waals surface area contributed by atoms with Gasteiger partial charge in [-0.25, -0.2) is 0 Å². The van der Waals surface area contributed by atoms with Gasteiger partial charge in [-0.1, -0.05) is 0 Å². The lowest BCUT2D eigenvalue weighted by atomic mass is 10.2. The molecular weight excluding hydrogens is 208 g/mol. The van der Waals surface area contributed by atoms with Crippen LogP contribution in [-0.2, 0) is 14.3 Å². The van der Waals surface area contributed by atoms with Crippen molar-refractivity contribution < 1.29 is 14.3 Å². The summed E-state index contributed by atoms with van der Waals surface area (Å²) in [6, 6.07) is 0.262. The molecule has 16 heavy (non-hydrogen) atoms. The minimum absolute atomic E-state index is 0.000154. The minimum atomic E-state index is -0.502. The van der Waals surface area contributed by atoms with Crippen LogP contribution >= 0.6 is 0 Å². The highest BCUT2D eigenvalue weighted by molar-refractivity contribution is 5.78. The number of carbonyl (C=O) groups excluding carboxylic acids is 1. The van der Waals surface area contributed by atoms with E-state index in [-0.39, 0.29) is 18.0 Å². The lowest BCUT2D eigenvalue weighted by Gasteiger charge is -2.35. The molecule has 1 heterocycles. The summed E-state index contributed by atoms with van der Waals surface area (Å²) in [7, 11) is 0. The first-order chi connectivity index (χ1) is 7.39. The fourth-order valence-corrected chi connectivity index (χ4v) is 1.42. The Bertz CT molecular complexity index is 231. The second-order valence-corrected chi connectivity index (χ2v) is 4.82. The summed E-state index contributed by atoms with van der Waals surface area (Å²) >= 11 is 0. The molecule has 1 fully saturated rings. The lowest BCUT2D eigenvalue weighted by molar-refractivity contribution is -0.252. The van der Waals surface area contributed by atoms with E-state index in [1.807, 2.05) is 27.7 Å². The molecule has 1 aliphatic rings. The molecule has 0 spiro atoms. The zero-order valence-corrected chi connectivity index (χ0v) is 10.5. The highest BCUT2D eigenvalue weighted by Gasteiger charge is 2.28. The van der Waals surface area contributed by atoms with Crippen molar-refractivity contribution in [1.82, 2.24) is 10.6 Å². The molecule has 0 aromatic carbocycles. The van der Waals surface area contributed by atoms with E-state index in [2.05, 4.69) is 10.6 Å². The van der Waals surface area contributed by atoms with E-state index in [0.29, 0.717) is 19.8 Å². The highest BCUT2D eigenvalue weighted by atomic mass is 16.7. The van der Waals surface area contributed by atoms with Crippen LogP contribution in [0.3, 0.4) is 0 Å². The molecular formula is C11H22N2O3. The van der Waals surface area contributed by atoms with Crippen LogP contribution in [0.25, 0.3) is 0 Å². The first-order valence-corrected chi connectivity index (χ1v) is 5.70. The van der Waals surface area contributed by atoms with Gasteiger partial charge in [0.25, 0.3) is 0 Å². The van der Waals surface area contributed by atoms with Crippen LogP contribution in [0.4, 0.5) is 0 Å². The summed E-state index contributed by atoms with van der Waals surface area (Å²) < 4.78 is 10.9. The molecule has 5 heteroatoms. The lowest BCUT2D eigenvalue weighted by Crippen LogP contribution is -2.51. The maximum absolute atomic E-state index is 11.4. The van der Waals surface area contributed by atoms with Crippen LogP contribution in [0.15, 0.2) is 0 Å². The van der Waals surface area contributed by atoms with E-state index in [9.17, 15) is 4.79 Å². The van der Waals surface area contributed by atoms with Crippen LogP contribution < -0.4 is 10.6 Å². The van der Waals surface area contributed by atoms with E-state index in [4.69, 9.17) is 9.47 Å². The number of hydrogen-bond acceptors (Lipinski definition) is 4. The maximum atomic E-state index is 11.4. The van der Waals surface area contributed by atoms with Gasteiger partial charge in [-0.3, -0.25) is 4.79 Å². The normalized spacial score (nSPS) is 21.1. The highest BCUT2D eigenvalue weighted by Crippen LogP contribution is 2.16. The molecule has 0 bridgehead atoms. The molecule has 1 saturated heterocycles. The number of nitrogens with one attached hydrogen (secondary N) is 2. The summed E-state index contributed by atoms with van der Waals surface area (Å²) in [4.78, 5) is 11.4.